The molecule has 1 aromatic carbocycles. The molecule has 0 unspecified atom stereocenters. The van der Waals surface area contributed by atoms with Gasteiger partial charge in [0.2, 0.25) is 5.95 Å². The van der Waals surface area contributed by atoms with E-state index < -0.39 is 17.8 Å². The van der Waals surface area contributed by atoms with Gasteiger partial charge in [-0.15, -0.1) is 0 Å². The standard InChI is InChI=1S/C11H8ClF3N4/c12-6-1-3-7(4-2-6)17-9-5-8(11(13,14)15)18-10(16)19-9/h1-5H,(H3,16,17,18,19). The number of alkyl halides is 3. The summed E-state index contributed by atoms with van der Waals surface area (Å²) in [5, 5.41) is 3.21. The Bertz CT molecular complexity index is 583. The first kappa shape index (κ1) is 13.4. The van der Waals surface area contributed by atoms with Crippen molar-refractivity contribution in [3.63, 3.8) is 0 Å². The van der Waals surface area contributed by atoms with Gasteiger partial charge in [0, 0.05) is 16.8 Å². The molecule has 0 saturated carbocycles. The SMILES string of the molecule is Nc1nc(Nc2ccc(Cl)cc2)cc(C(F)(F)F)n1. The molecule has 19 heavy (non-hydrogen) atoms. The Balaban J connectivity index is 2.30. The van der Waals surface area contributed by atoms with Crippen LogP contribution in [0.3, 0.4) is 0 Å². The van der Waals surface area contributed by atoms with Crippen LogP contribution in [0.1, 0.15) is 5.69 Å². The largest absolute Gasteiger partial charge is 0.433 e. The third-order valence-electron chi connectivity index (χ3n) is 2.15. The third kappa shape index (κ3) is 3.47. The Hall–Kier alpha value is -2.02. The van der Waals surface area contributed by atoms with Crippen LogP contribution in [0.15, 0.2) is 30.3 Å². The second-order valence-corrected chi connectivity index (χ2v) is 4.06. The Morgan fingerprint density at radius 2 is 1.74 bits per heavy atom. The van der Waals surface area contributed by atoms with Crippen molar-refractivity contribution >= 4 is 29.1 Å². The van der Waals surface area contributed by atoms with Crippen molar-refractivity contribution in [2.75, 3.05) is 11.1 Å². The maximum Gasteiger partial charge on any atom is 0.433 e. The van der Waals surface area contributed by atoms with E-state index in [2.05, 4.69) is 15.3 Å². The molecular weight excluding hydrogens is 281 g/mol. The van der Waals surface area contributed by atoms with Gasteiger partial charge in [-0.2, -0.15) is 18.2 Å². The lowest BCUT2D eigenvalue weighted by molar-refractivity contribution is -0.141. The Kier molecular flexibility index (Phi) is 3.48. The van der Waals surface area contributed by atoms with Crippen molar-refractivity contribution in [1.29, 1.82) is 0 Å². The van der Waals surface area contributed by atoms with Crippen LogP contribution < -0.4 is 11.1 Å². The first-order chi connectivity index (χ1) is 8.84. The number of anilines is 3. The fourth-order valence-corrected chi connectivity index (χ4v) is 1.48. The van der Waals surface area contributed by atoms with Crippen LogP contribution in [-0.2, 0) is 6.18 Å². The van der Waals surface area contributed by atoms with Gasteiger partial charge in [-0.1, -0.05) is 11.6 Å². The third-order valence-corrected chi connectivity index (χ3v) is 2.40. The molecule has 0 aliphatic heterocycles. The summed E-state index contributed by atoms with van der Waals surface area (Å²) in [4.78, 5) is 6.83. The lowest BCUT2D eigenvalue weighted by atomic mass is 10.3. The average molecular weight is 289 g/mol. The summed E-state index contributed by atoms with van der Waals surface area (Å²) in [6.45, 7) is 0. The molecule has 1 heterocycles. The molecule has 4 nitrogen and oxygen atoms in total. The van der Waals surface area contributed by atoms with Crippen molar-refractivity contribution in [3.8, 4) is 0 Å². The van der Waals surface area contributed by atoms with Crippen molar-refractivity contribution in [3.05, 3.63) is 41.0 Å². The fourth-order valence-electron chi connectivity index (χ4n) is 1.36. The molecule has 0 aliphatic carbocycles. The van der Waals surface area contributed by atoms with Crippen LogP contribution in [-0.4, -0.2) is 9.97 Å². The van der Waals surface area contributed by atoms with Gasteiger partial charge in [-0.05, 0) is 24.3 Å². The van der Waals surface area contributed by atoms with Crippen molar-refractivity contribution in [2.24, 2.45) is 0 Å². The van der Waals surface area contributed by atoms with Gasteiger partial charge >= 0.3 is 6.18 Å². The van der Waals surface area contributed by atoms with Gasteiger partial charge in [0.15, 0.2) is 5.69 Å². The monoisotopic (exact) mass is 288 g/mol. The van der Waals surface area contributed by atoms with Gasteiger partial charge in [-0.25, -0.2) is 4.98 Å². The van der Waals surface area contributed by atoms with Gasteiger partial charge < -0.3 is 11.1 Å². The second-order valence-electron chi connectivity index (χ2n) is 3.63. The highest BCUT2D eigenvalue weighted by atomic mass is 35.5. The molecule has 3 N–H and O–H groups in total. The predicted octanol–water partition coefficient (Wildman–Crippen LogP) is 3.47. The predicted molar refractivity (Wildman–Crippen MR) is 66.2 cm³/mol. The molecule has 0 radical (unpaired) electrons. The summed E-state index contributed by atoms with van der Waals surface area (Å²) in [5.74, 6) is -0.492. The van der Waals surface area contributed by atoms with E-state index >= 15 is 0 Å². The van der Waals surface area contributed by atoms with Gasteiger partial charge in [0.05, 0.1) is 0 Å². The van der Waals surface area contributed by atoms with E-state index in [1.807, 2.05) is 0 Å². The number of benzene rings is 1. The molecule has 0 atom stereocenters. The highest BCUT2D eigenvalue weighted by molar-refractivity contribution is 6.30. The maximum atomic E-state index is 12.5. The zero-order chi connectivity index (χ0) is 14.0. The lowest BCUT2D eigenvalue weighted by Gasteiger charge is -2.10. The number of rotatable bonds is 2. The minimum Gasteiger partial charge on any atom is -0.368 e. The number of hydrogen-bond acceptors (Lipinski definition) is 4. The number of aromatic nitrogens is 2. The van der Waals surface area contributed by atoms with E-state index in [1.165, 1.54) is 0 Å². The summed E-state index contributed by atoms with van der Waals surface area (Å²) in [6.07, 6.45) is -4.58. The minimum absolute atomic E-state index is 0.0397. The molecule has 2 aromatic rings. The van der Waals surface area contributed by atoms with Crippen LogP contribution in [0.25, 0.3) is 0 Å². The van der Waals surface area contributed by atoms with Crippen molar-refractivity contribution < 1.29 is 13.2 Å². The van der Waals surface area contributed by atoms with Crippen LogP contribution in [0.5, 0.6) is 0 Å². The number of nitrogen functional groups attached to an aromatic ring is 1. The molecule has 0 saturated heterocycles. The summed E-state index contributed by atoms with van der Waals surface area (Å²) in [5.41, 5.74) is 4.69. The van der Waals surface area contributed by atoms with Crippen LogP contribution >= 0.6 is 11.6 Å². The molecule has 0 aliphatic rings. The molecule has 2 rings (SSSR count). The normalized spacial score (nSPS) is 11.4. The lowest BCUT2D eigenvalue weighted by Crippen LogP contribution is -2.11. The van der Waals surface area contributed by atoms with E-state index in [9.17, 15) is 13.2 Å². The van der Waals surface area contributed by atoms with E-state index in [0.717, 1.165) is 6.07 Å². The van der Waals surface area contributed by atoms with Crippen LogP contribution in [0, 0.1) is 0 Å². The zero-order valence-electron chi connectivity index (χ0n) is 9.37. The number of nitrogens with two attached hydrogens (primary N) is 1. The molecular formula is C11H8ClF3N4. The van der Waals surface area contributed by atoms with E-state index in [0.29, 0.717) is 10.7 Å². The van der Waals surface area contributed by atoms with E-state index in [-0.39, 0.29) is 5.82 Å². The number of nitrogens with one attached hydrogen (secondary N) is 1. The molecule has 0 bridgehead atoms. The highest BCUT2D eigenvalue weighted by Crippen LogP contribution is 2.30. The molecule has 100 valence electrons. The van der Waals surface area contributed by atoms with Crippen LogP contribution in [0.4, 0.5) is 30.6 Å². The summed E-state index contributed by atoms with van der Waals surface area (Å²) in [7, 11) is 0. The van der Waals surface area contributed by atoms with Gasteiger partial charge in [-0.3, -0.25) is 0 Å². The minimum atomic E-state index is -4.58. The zero-order valence-corrected chi connectivity index (χ0v) is 10.1. The molecule has 0 spiro atoms. The molecule has 0 fully saturated rings. The number of halogens is 4. The summed E-state index contributed by atoms with van der Waals surface area (Å²) < 4.78 is 37.6. The summed E-state index contributed by atoms with van der Waals surface area (Å²) >= 11 is 5.70. The van der Waals surface area contributed by atoms with Crippen molar-refractivity contribution in [2.45, 2.75) is 6.18 Å². The number of hydrogen-bond donors (Lipinski definition) is 2. The fraction of sp³-hybridized carbons (Fsp3) is 0.0909. The Morgan fingerprint density at radius 1 is 1.11 bits per heavy atom. The molecule has 0 amide bonds. The van der Waals surface area contributed by atoms with E-state index in [1.54, 1.807) is 24.3 Å². The highest BCUT2D eigenvalue weighted by Gasteiger charge is 2.33. The maximum absolute atomic E-state index is 12.5. The first-order valence-corrected chi connectivity index (χ1v) is 5.47. The van der Waals surface area contributed by atoms with Crippen molar-refractivity contribution in [1.82, 2.24) is 9.97 Å². The second kappa shape index (κ2) is 4.93. The Morgan fingerprint density at radius 3 is 2.32 bits per heavy atom. The molecule has 8 heteroatoms. The summed E-state index contributed by atoms with van der Waals surface area (Å²) in [6, 6.07) is 7.19. The van der Waals surface area contributed by atoms with Gasteiger partial charge in [0.1, 0.15) is 5.82 Å². The Labute approximate surface area is 111 Å². The topological polar surface area (TPSA) is 63.8 Å². The van der Waals surface area contributed by atoms with E-state index in [4.69, 9.17) is 17.3 Å². The quantitative estimate of drug-likeness (QED) is 0.888. The average Bonchev–Trinajstić information content (AvgIpc) is 2.30. The smallest absolute Gasteiger partial charge is 0.368 e. The van der Waals surface area contributed by atoms with Crippen LogP contribution in [0.2, 0.25) is 5.02 Å². The number of nitrogens with zero attached hydrogens (tertiary/aromatic N) is 2. The van der Waals surface area contributed by atoms with Gasteiger partial charge in [0.25, 0.3) is 0 Å². The molecule has 1 aromatic heterocycles. The first-order valence-electron chi connectivity index (χ1n) is 5.09.